The van der Waals surface area contributed by atoms with Gasteiger partial charge in [-0.2, -0.15) is 0 Å². The lowest BCUT2D eigenvalue weighted by molar-refractivity contribution is -0.274. The third-order valence-electron chi connectivity index (χ3n) is 11.2. The summed E-state index contributed by atoms with van der Waals surface area (Å²) in [5, 5.41) is 8.10. The zero-order valence-corrected chi connectivity index (χ0v) is 32.9. The predicted molar refractivity (Wildman–Crippen MR) is 203 cm³/mol. The number of ether oxygens (including phenoxy) is 2. The maximum absolute atomic E-state index is 14.5. The summed E-state index contributed by atoms with van der Waals surface area (Å²) < 4.78 is 47.6. The lowest BCUT2D eigenvalue weighted by atomic mass is 9.99. The molecule has 2 aromatic rings. The summed E-state index contributed by atoms with van der Waals surface area (Å²) in [7, 11) is 0. The summed E-state index contributed by atoms with van der Waals surface area (Å²) in [6.07, 6.45) is -2.57. The van der Waals surface area contributed by atoms with Crippen molar-refractivity contribution in [3.63, 3.8) is 0 Å². The second-order valence-corrected chi connectivity index (χ2v) is 15.7. The number of esters is 1. The van der Waals surface area contributed by atoms with Crippen molar-refractivity contribution in [1.29, 1.82) is 0 Å². The van der Waals surface area contributed by atoms with Gasteiger partial charge in [0.25, 0.3) is 0 Å². The second kappa shape index (κ2) is 18.5. The zero-order valence-electron chi connectivity index (χ0n) is 32.9. The molecule has 0 aromatic heterocycles. The minimum Gasteiger partial charge on any atom is -0.461 e. The smallest absolute Gasteiger partial charge is 0.461 e. The Morgan fingerprint density at radius 3 is 2.22 bits per heavy atom. The third-order valence-corrected chi connectivity index (χ3v) is 11.2. The molecular formula is C41H49F3N6O9. The standard InChI is InChI=1S/C41H49F3N6O9/c1-24-19-33-40(57)58-23-30(38(55)49-18-8-12-32(49)39(56)48-17-7-6-11-31(48)36(53)45-25(2)37(54)50(33)22-24)47-35(52)29(20-26-9-4-3-5-10-26)46-34(51)21-27-13-15-28(16-14-27)59-41(42,43)44/h3-5,9-10,13-16,24-25,29-33H,6-8,11-12,17-23H2,1-2H3,(H,45,53)(H,46,51)(H,47,52)/t24-,25-,29-,30-,31-,32-,33-/m0/s1. The van der Waals surface area contributed by atoms with Gasteiger partial charge in [0.1, 0.15) is 48.6 Å². The number of benzene rings is 2. The number of piperidine rings is 1. The number of carbonyl (C=O) groups is 7. The fraction of sp³-hybridized carbons (Fsp3) is 0.537. The number of fused-ring (bicyclic) bond motifs is 3. The van der Waals surface area contributed by atoms with E-state index in [-0.39, 0.29) is 51.2 Å². The fourth-order valence-electron chi connectivity index (χ4n) is 8.29. The Morgan fingerprint density at radius 1 is 0.831 bits per heavy atom. The largest absolute Gasteiger partial charge is 0.573 e. The first-order chi connectivity index (χ1) is 28.1. The molecule has 4 aliphatic heterocycles. The van der Waals surface area contributed by atoms with Crippen LogP contribution in [0.5, 0.6) is 5.75 Å². The Kier molecular flexibility index (Phi) is 13.5. The van der Waals surface area contributed by atoms with E-state index in [0.29, 0.717) is 36.8 Å². The van der Waals surface area contributed by atoms with Crippen LogP contribution in [0.1, 0.15) is 63.5 Å². The molecule has 0 saturated carbocycles. The van der Waals surface area contributed by atoms with E-state index < -0.39 is 96.4 Å². The second-order valence-electron chi connectivity index (χ2n) is 15.7. The molecule has 318 valence electrons. The predicted octanol–water partition coefficient (Wildman–Crippen LogP) is 2.01. The fourth-order valence-corrected chi connectivity index (χ4v) is 8.29. The van der Waals surface area contributed by atoms with Gasteiger partial charge in [0, 0.05) is 26.1 Å². The van der Waals surface area contributed by atoms with E-state index in [0.717, 1.165) is 12.1 Å². The van der Waals surface area contributed by atoms with Gasteiger partial charge in [0.15, 0.2) is 0 Å². The van der Waals surface area contributed by atoms with Crippen LogP contribution >= 0.6 is 0 Å². The molecule has 7 atom stereocenters. The quantitative estimate of drug-likeness (QED) is 0.336. The minimum atomic E-state index is -4.89. The molecule has 0 unspecified atom stereocenters. The van der Waals surface area contributed by atoms with Crippen molar-refractivity contribution >= 4 is 41.4 Å². The van der Waals surface area contributed by atoms with E-state index in [4.69, 9.17) is 4.74 Å². The SMILES string of the molecule is C[C@H]1C[C@H]2C(=O)OC[C@H](NC(=O)[C@H](Cc3ccccc3)NC(=O)Cc3ccc(OC(F)(F)F)cc3)C(=O)N3CCC[C@H]3C(=O)N3CCCC[C@H]3C(=O)N[C@@H](C)C(=O)N2C1. The van der Waals surface area contributed by atoms with E-state index in [1.807, 2.05) is 6.92 Å². The number of halogens is 3. The van der Waals surface area contributed by atoms with E-state index in [9.17, 15) is 46.7 Å². The lowest BCUT2D eigenvalue weighted by Gasteiger charge is -2.39. The highest BCUT2D eigenvalue weighted by Crippen LogP contribution is 2.28. The highest BCUT2D eigenvalue weighted by molar-refractivity contribution is 5.98. The maximum Gasteiger partial charge on any atom is 0.573 e. The lowest BCUT2D eigenvalue weighted by Crippen LogP contribution is -2.62. The Labute approximate surface area is 339 Å². The van der Waals surface area contributed by atoms with Crippen molar-refractivity contribution in [3.05, 3.63) is 65.7 Å². The van der Waals surface area contributed by atoms with Gasteiger partial charge < -0.3 is 40.1 Å². The molecule has 4 aliphatic rings. The Morgan fingerprint density at radius 2 is 1.51 bits per heavy atom. The van der Waals surface area contributed by atoms with Gasteiger partial charge in [0.2, 0.25) is 35.4 Å². The van der Waals surface area contributed by atoms with Gasteiger partial charge in [-0.15, -0.1) is 13.2 Å². The molecule has 4 heterocycles. The molecule has 18 heteroatoms. The summed E-state index contributed by atoms with van der Waals surface area (Å²) >= 11 is 0. The van der Waals surface area contributed by atoms with Crippen LogP contribution in [-0.2, 0) is 51.1 Å². The first kappa shape index (κ1) is 42.9. The first-order valence-corrected chi connectivity index (χ1v) is 19.9. The van der Waals surface area contributed by atoms with E-state index in [2.05, 4.69) is 20.7 Å². The molecular weight excluding hydrogens is 777 g/mol. The van der Waals surface area contributed by atoms with E-state index in [1.54, 1.807) is 30.3 Å². The number of nitrogens with one attached hydrogen (secondary N) is 3. The number of carbonyl (C=O) groups excluding carboxylic acids is 7. The van der Waals surface area contributed by atoms with Crippen LogP contribution in [0, 0.1) is 5.92 Å². The number of cyclic esters (lactones) is 1. The Balaban J connectivity index is 1.27. The van der Waals surface area contributed by atoms with Gasteiger partial charge in [0.05, 0.1) is 6.42 Å². The molecule has 0 spiro atoms. The molecule has 0 bridgehead atoms. The maximum atomic E-state index is 14.5. The summed E-state index contributed by atoms with van der Waals surface area (Å²) in [6.45, 7) is 3.38. The van der Waals surface area contributed by atoms with Crippen molar-refractivity contribution in [3.8, 4) is 5.75 Å². The average molecular weight is 827 g/mol. The molecule has 6 rings (SSSR count). The van der Waals surface area contributed by atoms with E-state index >= 15 is 0 Å². The minimum absolute atomic E-state index is 0.0318. The van der Waals surface area contributed by atoms with Gasteiger partial charge in [-0.1, -0.05) is 49.4 Å². The molecule has 59 heavy (non-hydrogen) atoms. The highest BCUT2D eigenvalue weighted by atomic mass is 19.4. The number of alkyl halides is 3. The summed E-state index contributed by atoms with van der Waals surface area (Å²) in [6, 6.07) is 6.71. The monoisotopic (exact) mass is 826 g/mol. The van der Waals surface area contributed by atoms with Crippen LogP contribution in [0.15, 0.2) is 54.6 Å². The number of hydrogen-bond acceptors (Lipinski definition) is 9. The summed E-state index contributed by atoms with van der Waals surface area (Å²) in [4.78, 5) is 102. The van der Waals surface area contributed by atoms with Crippen molar-refractivity contribution in [1.82, 2.24) is 30.7 Å². The molecule has 4 saturated heterocycles. The van der Waals surface area contributed by atoms with Crippen molar-refractivity contribution in [2.75, 3.05) is 26.2 Å². The van der Waals surface area contributed by atoms with Crippen LogP contribution < -0.4 is 20.7 Å². The van der Waals surface area contributed by atoms with Crippen LogP contribution in [0.2, 0.25) is 0 Å². The molecule has 15 nitrogen and oxygen atoms in total. The average Bonchev–Trinajstić information content (AvgIpc) is 3.86. The van der Waals surface area contributed by atoms with Crippen molar-refractivity contribution in [2.45, 2.75) is 108 Å². The van der Waals surface area contributed by atoms with Gasteiger partial charge >= 0.3 is 12.3 Å². The first-order valence-electron chi connectivity index (χ1n) is 19.9. The number of nitrogens with zero attached hydrogens (tertiary/aromatic N) is 3. The Bertz CT molecular complexity index is 1900. The van der Waals surface area contributed by atoms with Gasteiger partial charge in [-0.25, -0.2) is 4.79 Å². The molecule has 2 aromatic carbocycles. The summed E-state index contributed by atoms with van der Waals surface area (Å²) in [5.41, 5.74) is 0.980. The summed E-state index contributed by atoms with van der Waals surface area (Å²) in [5.74, 6) is -4.99. The van der Waals surface area contributed by atoms with E-state index in [1.165, 1.54) is 33.8 Å². The van der Waals surface area contributed by atoms with Gasteiger partial charge in [-0.05, 0) is 74.6 Å². The normalized spacial score (nSPS) is 26.3. The van der Waals surface area contributed by atoms with Crippen LogP contribution in [0.25, 0.3) is 0 Å². The number of hydrogen-bond donors (Lipinski definition) is 3. The van der Waals surface area contributed by atoms with Crippen LogP contribution in [0.4, 0.5) is 13.2 Å². The van der Waals surface area contributed by atoms with Crippen LogP contribution in [0.3, 0.4) is 0 Å². The molecule has 3 N–H and O–H groups in total. The number of rotatable bonds is 8. The zero-order chi connectivity index (χ0) is 42.4. The molecule has 6 amide bonds. The topological polar surface area (TPSA) is 184 Å². The highest BCUT2D eigenvalue weighted by Gasteiger charge is 2.46. The van der Waals surface area contributed by atoms with Crippen molar-refractivity contribution < 1.29 is 56.2 Å². The third kappa shape index (κ3) is 10.7. The van der Waals surface area contributed by atoms with Crippen LogP contribution in [-0.4, -0.2) is 125 Å². The molecule has 0 radical (unpaired) electrons. The molecule has 4 fully saturated rings. The molecule has 0 aliphatic carbocycles. The number of amides is 6. The van der Waals surface area contributed by atoms with Gasteiger partial charge in [-0.3, -0.25) is 28.8 Å². The van der Waals surface area contributed by atoms with Crippen molar-refractivity contribution in [2.24, 2.45) is 5.92 Å². The Hall–Kier alpha value is -5.68.